The number of amides is 1. The fourth-order valence-corrected chi connectivity index (χ4v) is 5.83. The van der Waals surface area contributed by atoms with Crippen molar-refractivity contribution in [3.05, 3.63) is 107 Å². The number of carbonyl (C=O) groups excluding carboxylic acids is 1. The van der Waals surface area contributed by atoms with E-state index in [0.29, 0.717) is 39.7 Å². The van der Waals surface area contributed by atoms with Crippen LogP contribution in [0.3, 0.4) is 0 Å². The highest BCUT2D eigenvalue weighted by molar-refractivity contribution is 7.17. The first-order valence-corrected chi connectivity index (χ1v) is 16.7. The predicted octanol–water partition coefficient (Wildman–Crippen LogP) is 2.81. The van der Waals surface area contributed by atoms with Crippen LogP contribution in [0.2, 0.25) is 0 Å². The second kappa shape index (κ2) is 19.4. The maximum atomic E-state index is 12.6. The zero-order chi connectivity index (χ0) is 36.6. The number of nitrogens with two attached hydrogens (primary N) is 1. The molecule has 0 fully saturated rings. The molecule has 0 spiro atoms. The maximum Gasteiger partial charge on any atom is 0.347 e. The number of aliphatic hydroxyl groups is 2. The lowest BCUT2D eigenvalue weighted by Crippen LogP contribution is -2.45. The van der Waals surface area contributed by atoms with Crippen molar-refractivity contribution in [2.24, 2.45) is 5.84 Å². The highest BCUT2D eigenvalue weighted by Gasteiger charge is 2.20. The van der Waals surface area contributed by atoms with Gasteiger partial charge in [0.15, 0.2) is 0 Å². The number of nitrogens with one attached hydrogen (secondary N) is 1. The van der Waals surface area contributed by atoms with E-state index in [1.807, 2.05) is 18.2 Å². The number of carbonyl (C=O) groups is 2. The number of anilines is 2. The van der Waals surface area contributed by atoms with Crippen LogP contribution >= 0.6 is 22.7 Å². The number of thiazole rings is 2. The first-order valence-electron chi connectivity index (χ1n) is 15.1. The lowest BCUT2D eigenvalue weighted by Gasteiger charge is -2.21. The average Bonchev–Trinajstić information content (AvgIpc) is 3.76. The fourth-order valence-electron chi connectivity index (χ4n) is 3.98. The minimum Gasteiger partial charge on any atom is -0.477 e. The number of nitrogens with zero attached hydrogens (tertiary/aromatic N) is 10. The van der Waals surface area contributed by atoms with E-state index in [0.717, 1.165) is 16.1 Å². The molecule has 0 atom stereocenters. The van der Waals surface area contributed by atoms with Gasteiger partial charge in [0.2, 0.25) is 11.9 Å². The molecule has 6 N–H and O–H groups in total. The molecule has 17 nitrogen and oxygen atoms in total. The van der Waals surface area contributed by atoms with Crippen molar-refractivity contribution in [1.29, 1.82) is 0 Å². The molecule has 0 bridgehead atoms. The van der Waals surface area contributed by atoms with Gasteiger partial charge in [-0.25, -0.2) is 45.5 Å². The Morgan fingerprint density at radius 2 is 1.22 bits per heavy atom. The minimum atomic E-state index is -0.930. The Morgan fingerprint density at radius 3 is 1.67 bits per heavy atom. The normalized spacial score (nSPS) is 10.2. The number of hydrogen-bond acceptors (Lipinski definition) is 17. The summed E-state index contributed by atoms with van der Waals surface area (Å²) in [5.74, 6) is 4.92. The van der Waals surface area contributed by atoms with Crippen LogP contribution in [-0.4, -0.2) is 93.4 Å². The van der Waals surface area contributed by atoms with Gasteiger partial charge < -0.3 is 15.3 Å². The molecule has 1 amide bonds. The van der Waals surface area contributed by atoms with Crippen LogP contribution in [0.15, 0.2) is 86.0 Å². The molecule has 0 radical (unpaired) electrons. The van der Waals surface area contributed by atoms with Crippen LogP contribution in [0.25, 0.3) is 21.1 Å². The number of carboxylic acid groups (broad SMARTS) is 1. The Kier molecular flexibility index (Phi) is 14.4. The van der Waals surface area contributed by atoms with Gasteiger partial charge in [-0.15, -0.1) is 22.7 Å². The van der Waals surface area contributed by atoms with Crippen molar-refractivity contribution in [2.45, 2.75) is 13.8 Å². The van der Waals surface area contributed by atoms with Crippen LogP contribution in [0.1, 0.15) is 30.7 Å². The van der Waals surface area contributed by atoms with Crippen molar-refractivity contribution in [2.75, 3.05) is 36.3 Å². The number of aromatic nitrogens is 8. The number of carboxylic acids is 1. The van der Waals surface area contributed by atoms with Gasteiger partial charge in [-0.05, 0) is 50.2 Å². The molecule has 0 aliphatic carbocycles. The maximum absolute atomic E-state index is 12.6. The third-order valence-electron chi connectivity index (χ3n) is 6.31. The summed E-state index contributed by atoms with van der Waals surface area (Å²) in [7, 11) is 0. The zero-order valence-electron chi connectivity index (χ0n) is 27.4. The van der Waals surface area contributed by atoms with Crippen molar-refractivity contribution in [1.82, 2.24) is 45.3 Å². The van der Waals surface area contributed by atoms with Crippen molar-refractivity contribution in [3.8, 4) is 21.1 Å². The molecule has 0 aliphatic heterocycles. The van der Waals surface area contributed by atoms with Gasteiger partial charge in [-0.2, -0.15) is 0 Å². The van der Waals surface area contributed by atoms with Gasteiger partial charge >= 0.3 is 5.97 Å². The monoisotopic (exact) mass is 730 g/mol. The van der Waals surface area contributed by atoms with E-state index < -0.39 is 5.97 Å². The SMILES string of the molecule is Cc1nc(-c2cccnc2)sc1C(=O)NN(CCO)c1ncccn1.Cc1nc(-c2cccnc2)sc1C(=O)O.NN(CCO)c1ncccn1. The van der Waals surface area contributed by atoms with Crippen molar-refractivity contribution in [3.63, 3.8) is 0 Å². The Hall–Kier alpha value is -5.86. The Bertz CT molecular complexity index is 1950. The number of aliphatic hydroxyl groups excluding tert-OH is 2. The molecule has 0 saturated heterocycles. The molecule has 19 heteroatoms. The summed E-state index contributed by atoms with van der Waals surface area (Å²) in [6.07, 6.45) is 13.1. The molecule has 6 heterocycles. The quantitative estimate of drug-likeness (QED) is 0.0950. The van der Waals surface area contributed by atoms with Gasteiger partial charge in [-0.3, -0.25) is 25.2 Å². The highest BCUT2D eigenvalue weighted by Crippen LogP contribution is 2.28. The number of aryl methyl sites for hydroxylation is 2. The summed E-state index contributed by atoms with van der Waals surface area (Å²) < 4.78 is 0. The molecule has 0 aliphatic rings. The third-order valence-corrected chi connectivity index (χ3v) is 8.71. The van der Waals surface area contributed by atoms with E-state index in [2.05, 4.69) is 45.3 Å². The van der Waals surface area contributed by atoms with Gasteiger partial charge in [0, 0.05) is 60.7 Å². The Morgan fingerprint density at radius 1 is 0.725 bits per heavy atom. The summed E-state index contributed by atoms with van der Waals surface area (Å²) >= 11 is 2.45. The van der Waals surface area contributed by atoms with E-state index in [1.54, 1.807) is 81.6 Å². The number of hydrogen-bond donors (Lipinski definition) is 5. The molecule has 264 valence electrons. The van der Waals surface area contributed by atoms with Crippen LogP contribution in [-0.2, 0) is 0 Å². The Labute approximate surface area is 300 Å². The molecule has 6 aromatic rings. The largest absolute Gasteiger partial charge is 0.477 e. The molecule has 0 aromatic carbocycles. The standard InChI is InChI=1S/C16H16N6O2S.C10H8N2O2S.C6H10N4O/c1-11-13(25-15(20-11)12-4-2-5-17-10-12)14(24)21-22(8-9-23)16-18-6-3-7-19-16;1-6-8(10(13)14)15-9(12-6)7-3-2-4-11-5-7;7-10(4-5-11)6-8-2-1-3-9-6/h2-7,10,23H,8-9H2,1H3,(H,21,24);2-5H,1H3,(H,13,14);1-3,11H,4-5,7H2. The summed E-state index contributed by atoms with van der Waals surface area (Å²) in [6, 6.07) is 10.8. The van der Waals surface area contributed by atoms with Gasteiger partial charge in [0.05, 0.1) is 37.7 Å². The molecule has 0 saturated carbocycles. The minimum absolute atomic E-state index is 0.00520. The number of aromatic carboxylic acids is 1. The first kappa shape index (κ1) is 38.0. The lowest BCUT2D eigenvalue weighted by molar-refractivity contribution is 0.0700. The van der Waals surface area contributed by atoms with Crippen LogP contribution in [0.4, 0.5) is 11.9 Å². The number of hydrazine groups is 2. The topological polar surface area (TPSA) is 242 Å². The molecule has 6 aromatic heterocycles. The molecule has 6 rings (SSSR count). The smallest absolute Gasteiger partial charge is 0.347 e. The van der Waals surface area contributed by atoms with E-state index in [1.165, 1.54) is 32.7 Å². The van der Waals surface area contributed by atoms with E-state index in [-0.39, 0.29) is 30.5 Å². The summed E-state index contributed by atoms with van der Waals surface area (Å²) in [5, 5.41) is 30.7. The number of pyridine rings is 2. The zero-order valence-corrected chi connectivity index (χ0v) is 29.1. The summed E-state index contributed by atoms with van der Waals surface area (Å²) in [4.78, 5) is 56.8. The molecular formula is C32H34N12O5S2. The van der Waals surface area contributed by atoms with E-state index in [4.69, 9.17) is 16.1 Å². The number of rotatable bonds is 11. The second-order valence-corrected chi connectivity index (χ2v) is 12.0. The van der Waals surface area contributed by atoms with Gasteiger partial charge in [0.1, 0.15) is 19.8 Å². The van der Waals surface area contributed by atoms with Crippen LogP contribution in [0, 0.1) is 13.8 Å². The van der Waals surface area contributed by atoms with Crippen molar-refractivity contribution < 1.29 is 24.9 Å². The lowest BCUT2D eigenvalue weighted by atomic mass is 10.3. The highest BCUT2D eigenvalue weighted by atomic mass is 32.1. The third kappa shape index (κ3) is 11.1. The molecule has 51 heavy (non-hydrogen) atoms. The van der Waals surface area contributed by atoms with Gasteiger partial charge in [0.25, 0.3) is 5.91 Å². The average molecular weight is 731 g/mol. The predicted molar refractivity (Wildman–Crippen MR) is 192 cm³/mol. The molecular weight excluding hydrogens is 697 g/mol. The second-order valence-electron chi connectivity index (χ2n) is 9.99. The summed E-state index contributed by atoms with van der Waals surface area (Å²) in [6.45, 7) is 3.82. The Balaban J connectivity index is 0.000000190. The first-order chi connectivity index (χ1) is 24.7. The van der Waals surface area contributed by atoms with E-state index >= 15 is 0 Å². The van der Waals surface area contributed by atoms with Crippen molar-refractivity contribution >= 4 is 46.4 Å². The summed E-state index contributed by atoms with van der Waals surface area (Å²) in [5.41, 5.74) is 5.59. The van der Waals surface area contributed by atoms with Crippen LogP contribution < -0.4 is 21.3 Å². The van der Waals surface area contributed by atoms with Gasteiger partial charge in [-0.1, -0.05) is 0 Å². The van der Waals surface area contributed by atoms with Crippen LogP contribution in [0.5, 0.6) is 0 Å². The molecule has 0 unspecified atom stereocenters. The van der Waals surface area contributed by atoms with E-state index in [9.17, 15) is 14.7 Å². The fraction of sp³-hybridized carbons (Fsp3) is 0.188.